The first-order chi connectivity index (χ1) is 12.5. The van der Waals surface area contributed by atoms with Gasteiger partial charge in [0.2, 0.25) is 0 Å². The summed E-state index contributed by atoms with van der Waals surface area (Å²) in [5.41, 5.74) is 8.45. The van der Waals surface area contributed by atoms with Gasteiger partial charge in [-0.15, -0.1) is 0 Å². The maximum Gasteiger partial charge on any atom is 0.271 e. The van der Waals surface area contributed by atoms with Gasteiger partial charge in [0.25, 0.3) is 5.91 Å². The zero-order chi connectivity index (χ0) is 18.7. The lowest BCUT2D eigenvalue weighted by atomic mass is 10.1. The molecule has 1 amide bonds. The molecule has 1 N–H and O–H groups in total. The SMILES string of the molecule is Cc1ccc(C(=O)N/N=C\c2c(Br)c(C)n(-c3ccccc3)c2C)cc1. The van der Waals surface area contributed by atoms with Gasteiger partial charge in [0, 0.05) is 32.7 Å². The number of hydrazone groups is 1. The molecule has 1 aromatic heterocycles. The minimum atomic E-state index is -0.228. The molecule has 0 unspecified atom stereocenters. The topological polar surface area (TPSA) is 46.4 Å². The van der Waals surface area contributed by atoms with Crippen LogP contribution in [0.3, 0.4) is 0 Å². The van der Waals surface area contributed by atoms with Gasteiger partial charge < -0.3 is 4.57 Å². The lowest BCUT2D eigenvalue weighted by Gasteiger charge is -2.08. The molecule has 0 aliphatic heterocycles. The highest BCUT2D eigenvalue weighted by molar-refractivity contribution is 9.10. The quantitative estimate of drug-likeness (QED) is 0.481. The normalized spacial score (nSPS) is 11.1. The van der Waals surface area contributed by atoms with Crippen LogP contribution in [-0.4, -0.2) is 16.7 Å². The second kappa shape index (κ2) is 7.70. The Morgan fingerprint density at radius 1 is 1.00 bits per heavy atom. The number of aryl methyl sites for hydroxylation is 1. The molecule has 0 saturated carbocycles. The zero-order valence-corrected chi connectivity index (χ0v) is 16.5. The first kappa shape index (κ1) is 18.1. The summed E-state index contributed by atoms with van der Waals surface area (Å²) >= 11 is 3.64. The summed E-state index contributed by atoms with van der Waals surface area (Å²) in [6, 6.07) is 17.5. The Morgan fingerprint density at radius 3 is 2.31 bits per heavy atom. The van der Waals surface area contributed by atoms with E-state index in [0.717, 1.165) is 32.7 Å². The third kappa shape index (κ3) is 3.63. The summed E-state index contributed by atoms with van der Waals surface area (Å²) in [6.45, 7) is 6.07. The molecule has 0 aliphatic carbocycles. The van der Waals surface area contributed by atoms with E-state index in [9.17, 15) is 4.79 Å². The summed E-state index contributed by atoms with van der Waals surface area (Å²) in [7, 11) is 0. The molecule has 4 nitrogen and oxygen atoms in total. The van der Waals surface area contributed by atoms with Crippen molar-refractivity contribution in [3.63, 3.8) is 0 Å². The molecule has 0 fully saturated rings. The lowest BCUT2D eigenvalue weighted by molar-refractivity contribution is 0.0955. The van der Waals surface area contributed by atoms with Crippen molar-refractivity contribution >= 4 is 28.1 Å². The van der Waals surface area contributed by atoms with Crippen molar-refractivity contribution in [2.75, 3.05) is 0 Å². The Hall–Kier alpha value is -2.66. The largest absolute Gasteiger partial charge is 0.317 e. The van der Waals surface area contributed by atoms with Gasteiger partial charge in [-0.1, -0.05) is 35.9 Å². The fourth-order valence-corrected chi connectivity index (χ4v) is 3.43. The summed E-state index contributed by atoms with van der Waals surface area (Å²) in [5, 5.41) is 4.14. The standard InChI is InChI=1S/C21H20BrN3O/c1-14-9-11-17(12-10-14)21(26)24-23-13-19-15(2)25(16(3)20(19)22)18-7-5-4-6-8-18/h4-13H,1-3H3,(H,24,26)/b23-13-. The van der Waals surface area contributed by atoms with Crippen LogP contribution in [0.2, 0.25) is 0 Å². The van der Waals surface area contributed by atoms with Crippen molar-refractivity contribution < 1.29 is 4.79 Å². The number of halogens is 1. The Morgan fingerprint density at radius 2 is 1.65 bits per heavy atom. The number of rotatable bonds is 4. The van der Waals surface area contributed by atoms with Gasteiger partial charge in [0.05, 0.1) is 6.21 Å². The molecule has 0 saturated heterocycles. The molecule has 26 heavy (non-hydrogen) atoms. The van der Waals surface area contributed by atoms with Crippen LogP contribution in [0, 0.1) is 20.8 Å². The highest BCUT2D eigenvalue weighted by Gasteiger charge is 2.15. The first-order valence-electron chi connectivity index (χ1n) is 8.32. The summed E-state index contributed by atoms with van der Waals surface area (Å²) in [4.78, 5) is 12.2. The van der Waals surface area contributed by atoms with Crippen molar-refractivity contribution in [1.29, 1.82) is 0 Å². The van der Waals surface area contributed by atoms with E-state index in [2.05, 4.69) is 43.2 Å². The number of hydrogen-bond donors (Lipinski definition) is 1. The summed E-state index contributed by atoms with van der Waals surface area (Å²) in [5.74, 6) is -0.228. The number of nitrogens with one attached hydrogen (secondary N) is 1. The minimum absolute atomic E-state index is 0.228. The van der Waals surface area contributed by atoms with Crippen molar-refractivity contribution in [1.82, 2.24) is 9.99 Å². The van der Waals surface area contributed by atoms with Crippen LogP contribution in [0.15, 0.2) is 64.2 Å². The number of hydrogen-bond acceptors (Lipinski definition) is 2. The molecule has 3 rings (SSSR count). The van der Waals surface area contributed by atoms with E-state index < -0.39 is 0 Å². The minimum Gasteiger partial charge on any atom is -0.317 e. The van der Waals surface area contributed by atoms with Crippen LogP contribution in [-0.2, 0) is 0 Å². The monoisotopic (exact) mass is 409 g/mol. The molecular formula is C21H20BrN3O. The van der Waals surface area contributed by atoms with E-state index in [-0.39, 0.29) is 5.91 Å². The highest BCUT2D eigenvalue weighted by Crippen LogP contribution is 2.29. The van der Waals surface area contributed by atoms with Crippen LogP contribution >= 0.6 is 15.9 Å². The van der Waals surface area contributed by atoms with Crippen molar-refractivity contribution in [2.45, 2.75) is 20.8 Å². The van der Waals surface area contributed by atoms with Gasteiger partial charge in [0.15, 0.2) is 0 Å². The first-order valence-corrected chi connectivity index (χ1v) is 9.11. The molecule has 0 aliphatic rings. The number of carbonyl (C=O) groups excluding carboxylic acids is 1. The second-order valence-electron chi connectivity index (χ2n) is 6.13. The molecule has 5 heteroatoms. The Bertz CT molecular complexity index is 957. The predicted octanol–water partition coefficient (Wildman–Crippen LogP) is 4.93. The van der Waals surface area contributed by atoms with Crippen LogP contribution in [0.5, 0.6) is 0 Å². The number of nitrogens with zero attached hydrogens (tertiary/aromatic N) is 2. The average Bonchev–Trinajstić information content (AvgIpc) is 2.86. The number of para-hydroxylation sites is 1. The van der Waals surface area contributed by atoms with Crippen LogP contribution in [0.4, 0.5) is 0 Å². The van der Waals surface area contributed by atoms with Crippen molar-refractivity contribution in [2.24, 2.45) is 5.10 Å². The third-order valence-electron chi connectivity index (χ3n) is 4.30. The van der Waals surface area contributed by atoms with E-state index in [4.69, 9.17) is 0 Å². The zero-order valence-electron chi connectivity index (χ0n) is 15.0. The number of aromatic nitrogens is 1. The molecule has 1 heterocycles. The molecule has 3 aromatic rings. The van der Waals surface area contributed by atoms with Gasteiger partial charge in [-0.25, -0.2) is 5.43 Å². The maximum absolute atomic E-state index is 12.2. The van der Waals surface area contributed by atoms with Gasteiger partial charge in [0.1, 0.15) is 0 Å². The summed E-state index contributed by atoms with van der Waals surface area (Å²) in [6.07, 6.45) is 1.68. The molecule has 0 atom stereocenters. The molecule has 132 valence electrons. The van der Waals surface area contributed by atoms with Crippen LogP contribution in [0.1, 0.15) is 32.9 Å². The van der Waals surface area contributed by atoms with E-state index in [1.54, 1.807) is 18.3 Å². The number of benzene rings is 2. The van der Waals surface area contributed by atoms with Crippen molar-refractivity contribution in [3.8, 4) is 5.69 Å². The Kier molecular flexibility index (Phi) is 5.38. The number of carbonyl (C=O) groups is 1. The third-order valence-corrected chi connectivity index (χ3v) is 5.30. The average molecular weight is 410 g/mol. The summed E-state index contributed by atoms with van der Waals surface area (Å²) < 4.78 is 3.12. The van der Waals surface area contributed by atoms with Crippen LogP contribution < -0.4 is 5.43 Å². The van der Waals surface area contributed by atoms with E-state index in [1.807, 2.05) is 51.1 Å². The van der Waals surface area contributed by atoms with Gasteiger partial charge in [-0.3, -0.25) is 4.79 Å². The van der Waals surface area contributed by atoms with E-state index >= 15 is 0 Å². The van der Waals surface area contributed by atoms with Gasteiger partial charge >= 0.3 is 0 Å². The fourth-order valence-electron chi connectivity index (χ4n) is 2.86. The van der Waals surface area contributed by atoms with Crippen LogP contribution in [0.25, 0.3) is 5.69 Å². The smallest absolute Gasteiger partial charge is 0.271 e. The molecular weight excluding hydrogens is 390 g/mol. The van der Waals surface area contributed by atoms with E-state index in [0.29, 0.717) is 5.56 Å². The Labute approximate surface area is 161 Å². The Balaban J connectivity index is 1.83. The highest BCUT2D eigenvalue weighted by atomic mass is 79.9. The fraction of sp³-hybridized carbons (Fsp3) is 0.143. The molecule has 0 bridgehead atoms. The molecule has 0 radical (unpaired) electrons. The maximum atomic E-state index is 12.2. The van der Waals surface area contributed by atoms with E-state index in [1.165, 1.54) is 0 Å². The molecule has 0 spiro atoms. The lowest BCUT2D eigenvalue weighted by Crippen LogP contribution is -2.17. The van der Waals surface area contributed by atoms with Gasteiger partial charge in [-0.05, 0) is 61.0 Å². The van der Waals surface area contributed by atoms with Gasteiger partial charge in [-0.2, -0.15) is 5.10 Å². The molecule has 2 aromatic carbocycles. The second-order valence-corrected chi connectivity index (χ2v) is 6.93. The number of amides is 1. The van der Waals surface area contributed by atoms with Crippen molar-refractivity contribution in [3.05, 3.63) is 87.1 Å². The predicted molar refractivity (Wildman–Crippen MR) is 109 cm³/mol.